The van der Waals surface area contributed by atoms with E-state index in [1.54, 1.807) is 19.2 Å². The molecule has 1 aromatic carbocycles. The van der Waals surface area contributed by atoms with E-state index in [2.05, 4.69) is 20.8 Å². The van der Waals surface area contributed by atoms with Gasteiger partial charge in [-0.1, -0.05) is 34.8 Å². The fourth-order valence-corrected chi connectivity index (χ4v) is 2.40. The number of nitrogens with zero attached hydrogens (tertiary/aromatic N) is 4. The van der Waals surface area contributed by atoms with Crippen LogP contribution in [0.15, 0.2) is 12.1 Å². The number of ether oxygens (including phenoxy) is 1. The Labute approximate surface area is 137 Å². The molecule has 6 nitrogen and oxygen atoms in total. The van der Waals surface area contributed by atoms with E-state index in [0.29, 0.717) is 39.7 Å². The van der Waals surface area contributed by atoms with E-state index in [1.807, 2.05) is 6.92 Å². The number of tetrazole rings is 1. The van der Waals surface area contributed by atoms with Gasteiger partial charge in [0.1, 0.15) is 0 Å². The molecule has 0 saturated heterocycles. The lowest BCUT2D eigenvalue weighted by Gasteiger charge is -2.14. The van der Waals surface area contributed by atoms with Crippen molar-refractivity contribution in [2.45, 2.75) is 13.0 Å². The zero-order valence-electron chi connectivity index (χ0n) is 11.5. The number of methoxy groups -OCH3 is 1. The molecule has 2 rings (SSSR count). The Hall–Kier alpha value is -0.920. The molecule has 0 saturated carbocycles. The highest BCUT2D eigenvalue weighted by molar-refractivity contribution is 6.43. The number of halogens is 3. The Balaban J connectivity index is 2.30. The van der Waals surface area contributed by atoms with Crippen LogP contribution in [0.2, 0.25) is 15.1 Å². The third-order valence-corrected chi connectivity index (χ3v) is 3.88. The van der Waals surface area contributed by atoms with Crippen LogP contribution in [0.25, 0.3) is 5.69 Å². The van der Waals surface area contributed by atoms with Gasteiger partial charge < -0.3 is 10.1 Å². The first-order valence-corrected chi connectivity index (χ1v) is 7.33. The number of nitrogens with one attached hydrogen (secondary N) is 1. The van der Waals surface area contributed by atoms with Crippen LogP contribution in [-0.2, 0) is 4.74 Å². The summed E-state index contributed by atoms with van der Waals surface area (Å²) < 4.78 is 6.54. The maximum atomic E-state index is 6.20. The van der Waals surface area contributed by atoms with Gasteiger partial charge in [-0.2, -0.15) is 4.68 Å². The third kappa shape index (κ3) is 3.84. The summed E-state index contributed by atoms with van der Waals surface area (Å²) in [7, 11) is 1.64. The molecule has 9 heteroatoms. The molecule has 0 bridgehead atoms. The lowest BCUT2D eigenvalue weighted by molar-refractivity contribution is 0.196. The number of benzene rings is 1. The summed E-state index contributed by atoms with van der Waals surface area (Å²) >= 11 is 18.2. The first kappa shape index (κ1) is 16.5. The second-order valence-electron chi connectivity index (χ2n) is 4.34. The van der Waals surface area contributed by atoms with Gasteiger partial charge in [-0.05, 0) is 29.5 Å². The average molecular weight is 351 g/mol. The Bertz CT molecular complexity index is 619. The SMILES string of the molecule is COCCNC(C)c1nnnn1-c1cc(Cl)c(Cl)cc1Cl. The molecule has 1 unspecified atom stereocenters. The summed E-state index contributed by atoms with van der Waals surface area (Å²) in [5.74, 6) is 0.617. The molecule has 0 aliphatic rings. The molecule has 2 aromatic rings. The number of hydrogen-bond acceptors (Lipinski definition) is 5. The van der Waals surface area contributed by atoms with Crippen LogP contribution < -0.4 is 5.32 Å². The van der Waals surface area contributed by atoms with E-state index < -0.39 is 0 Å². The minimum atomic E-state index is -0.0827. The average Bonchev–Trinajstić information content (AvgIpc) is 2.92. The fraction of sp³-hybridized carbons (Fsp3) is 0.417. The minimum absolute atomic E-state index is 0.0827. The van der Waals surface area contributed by atoms with Crippen molar-refractivity contribution in [3.63, 3.8) is 0 Å². The molecule has 21 heavy (non-hydrogen) atoms. The molecule has 0 amide bonds. The highest BCUT2D eigenvalue weighted by atomic mass is 35.5. The van der Waals surface area contributed by atoms with Gasteiger partial charge in [0.05, 0.1) is 33.4 Å². The van der Waals surface area contributed by atoms with Crippen molar-refractivity contribution in [3.8, 4) is 5.69 Å². The molecule has 0 aliphatic carbocycles. The molecular weight excluding hydrogens is 337 g/mol. The van der Waals surface area contributed by atoms with Gasteiger partial charge in [0.2, 0.25) is 0 Å². The predicted octanol–water partition coefficient (Wildman–Crippen LogP) is 2.92. The second kappa shape index (κ2) is 7.38. The van der Waals surface area contributed by atoms with Gasteiger partial charge in [-0.3, -0.25) is 0 Å². The molecule has 0 spiro atoms. The van der Waals surface area contributed by atoms with Crippen LogP contribution in [-0.4, -0.2) is 40.5 Å². The number of rotatable bonds is 6. The molecule has 114 valence electrons. The maximum Gasteiger partial charge on any atom is 0.173 e. The van der Waals surface area contributed by atoms with Crippen LogP contribution in [0.5, 0.6) is 0 Å². The van der Waals surface area contributed by atoms with E-state index in [-0.39, 0.29) is 6.04 Å². The third-order valence-electron chi connectivity index (χ3n) is 2.86. The van der Waals surface area contributed by atoms with Crippen molar-refractivity contribution in [2.24, 2.45) is 0 Å². The predicted molar refractivity (Wildman–Crippen MR) is 82.5 cm³/mol. The minimum Gasteiger partial charge on any atom is -0.383 e. The summed E-state index contributed by atoms with van der Waals surface area (Å²) in [6, 6.07) is 3.11. The van der Waals surface area contributed by atoms with Gasteiger partial charge in [0.25, 0.3) is 0 Å². The molecule has 1 aromatic heterocycles. The second-order valence-corrected chi connectivity index (χ2v) is 5.56. The van der Waals surface area contributed by atoms with E-state index in [9.17, 15) is 0 Å². The number of aromatic nitrogens is 4. The highest BCUT2D eigenvalue weighted by Crippen LogP contribution is 2.31. The van der Waals surface area contributed by atoms with Crippen molar-refractivity contribution >= 4 is 34.8 Å². The topological polar surface area (TPSA) is 64.9 Å². The molecule has 0 radical (unpaired) electrons. The maximum absolute atomic E-state index is 6.20. The van der Waals surface area contributed by atoms with Crippen molar-refractivity contribution < 1.29 is 4.74 Å². The first-order valence-electron chi connectivity index (χ1n) is 6.20. The lowest BCUT2D eigenvalue weighted by atomic mass is 10.2. The smallest absolute Gasteiger partial charge is 0.173 e. The molecule has 1 atom stereocenters. The van der Waals surface area contributed by atoms with Crippen molar-refractivity contribution in [1.82, 2.24) is 25.5 Å². The summed E-state index contributed by atoms with van der Waals surface area (Å²) in [5.41, 5.74) is 0.575. The lowest BCUT2D eigenvalue weighted by Crippen LogP contribution is -2.25. The summed E-state index contributed by atoms with van der Waals surface area (Å²) in [6.45, 7) is 3.22. The fourth-order valence-electron chi connectivity index (χ4n) is 1.78. The normalized spacial score (nSPS) is 12.6. The Morgan fingerprint density at radius 1 is 1.24 bits per heavy atom. The van der Waals surface area contributed by atoms with Gasteiger partial charge in [-0.25, -0.2) is 0 Å². The van der Waals surface area contributed by atoms with Crippen molar-refractivity contribution in [2.75, 3.05) is 20.3 Å². The summed E-state index contributed by atoms with van der Waals surface area (Å²) in [6.07, 6.45) is 0. The van der Waals surface area contributed by atoms with Gasteiger partial charge in [-0.15, -0.1) is 5.10 Å². The summed E-state index contributed by atoms with van der Waals surface area (Å²) in [5, 5.41) is 16.1. The van der Waals surface area contributed by atoms with Gasteiger partial charge >= 0.3 is 0 Å². The Morgan fingerprint density at radius 2 is 1.95 bits per heavy atom. The zero-order valence-corrected chi connectivity index (χ0v) is 13.7. The van der Waals surface area contributed by atoms with Crippen molar-refractivity contribution in [1.29, 1.82) is 0 Å². The van der Waals surface area contributed by atoms with Crippen LogP contribution in [0, 0.1) is 0 Å². The molecule has 0 aliphatic heterocycles. The number of hydrogen-bond donors (Lipinski definition) is 1. The van der Waals surface area contributed by atoms with Crippen LogP contribution in [0.3, 0.4) is 0 Å². The zero-order chi connectivity index (χ0) is 15.4. The Kier molecular flexibility index (Phi) is 5.78. The molecule has 1 N–H and O–H groups in total. The summed E-state index contributed by atoms with van der Waals surface area (Å²) in [4.78, 5) is 0. The Morgan fingerprint density at radius 3 is 2.67 bits per heavy atom. The first-order chi connectivity index (χ1) is 10.0. The van der Waals surface area contributed by atoms with Crippen LogP contribution >= 0.6 is 34.8 Å². The van der Waals surface area contributed by atoms with E-state index in [4.69, 9.17) is 39.5 Å². The largest absolute Gasteiger partial charge is 0.383 e. The van der Waals surface area contributed by atoms with Crippen molar-refractivity contribution in [3.05, 3.63) is 33.0 Å². The van der Waals surface area contributed by atoms with E-state index in [0.717, 1.165) is 0 Å². The van der Waals surface area contributed by atoms with E-state index >= 15 is 0 Å². The van der Waals surface area contributed by atoms with Gasteiger partial charge in [0.15, 0.2) is 5.82 Å². The van der Waals surface area contributed by atoms with Crippen LogP contribution in [0.4, 0.5) is 0 Å². The molecule has 1 heterocycles. The molecular formula is C12H14Cl3N5O. The molecule has 0 fully saturated rings. The highest BCUT2D eigenvalue weighted by Gasteiger charge is 2.18. The van der Waals surface area contributed by atoms with Gasteiger partial charge in [0, 0.05) is 13.7 Å². The standard InChI is InChI=1S/C12H14Cl3N5O/c1-7(16-3-4-21-2)12-17-18-19-20(12)11-6-9(14)8(13)5-10(11)15/h5-7,16H,3-4H2,1-2H3. The van der Waals surface area contributed by atoms with E-state index in [1.165, 1.54) is 4.68 Å². The van der Waals surface area contributed by atoms with Crippen LogP contribution in [0.1, 0.15) is 18.8 Å². The monoisotopic (exact) mass is 349 g/mol. The quantitative estimate of drug-likeness (QED) is 0.641.